The molecular weight excluding hydrogens is 344 g/mol. The van der Waals surface area contributed by atoms with E-state index in [1.807, 2.05) is 36.4 Å². The monoisotopic (exact) mass is 354 g/mol. The third-order valence-electron chi connectivity index (χ3n) is 2.41. The van der Waals surface area contributed by atoms with E-state index in [1.54, 1.807) is 0 Å². The molecule has 0 saturated carbocycles. The second-order valence-corrected chi connectivity index (χ2v) is 5.08. The Morgan fingerprint density at radius 1 is 1.00 bits per heavy atom. The van der Waals surface area contributed by atoms with Gasteiger partial charge in [0.25, 0.3) is 0 Å². The van der Waals surface area contributed by atoms with Crippen LogP contribution in [0.2, 0.25) is 0 Å². The highest BCUT2D eigenvalue weighted by atomic mass is 79.9. The molecule has 0 N–H and O–H groups in total. The van der Waals surface area contributed by atoms with Crippen LogP contribution in [0.5, 0.6) is 5.75 Å². The molecule has 0 unspecified atom stereocenters. The highest BCUT2D eigenvalue weighted by Crippen LogP contribution is 2.25. The minimum atomic E-state index is 0.601. The van der Waals surface area contributed by atoms with E-state index >= 15 is 0 Å². The Hall–Kier alpha value is -0.800. The molecule has 0 atom stereocenters. The van der Waals surface area contributed by atoms with Crippen LogP contribution in [-0.4, -0.2) is 0 Å². The Bertz CT molecular complexity index is 483. The molecule has 0 amide bonds. The van der Waals surface area contributed by atoms with Crippen molar-refractivity contribution in [1.29, 1.82) is 0 Å². The first kappa shape index (κ1) is 12.7. The molecule has 0 radical (unpaired) electrons. The number of ether oxygens (including phenoxy) is 1. The Morgan fingerprint density at radius 3 is 2.47 bits per heavy atom. The molecule has 88 valence electrons. The molecule has 0 aliphatic rings. The van der Waals surface area contributed by atoms with Crippen molar-refractivity contribution in [1.82, 2.24) is 0 Å². The first-order chi connectivity index (χ1) is 8.29. The fourth-order valence-electron chi connectivity index (χ4n) is 1.48. The molecule has 0 aliphatic heterocycles. The first-order valence-electron chi connectivity index (χ1n) is 5.30. The van der Waals surface area contributed by atoms with E-state index in [0.29, 0.717) is 6.61 Å². The average molecular weight is 356 g/mol. The average Bonchev–Trinajstić information content (AvgIpc) is 2.39. The summed E-state index contributed by atoms with van der Waals surface area (Å²) in [5, 5.41) is 0.816. The molecule has 2 rings (SSSR count). The fourth-order valence-corrected chi connectivity index (χ4v) is 2.71. The summed E-state index contributed by atoms with van der Waals surface area (Å²) in [6, 6.07) is 16.2. The molecular formula is C14H12Br2O. The molecule has 3 heteroatoms. The quantitative estimate of drug-likeness (QED) is 0.707. The lowest BCUT2D eigenvalue weighted by Gasteiger charge is -2.08. The highest BCUT2D eigenvalue weighted by Gasteiger charge is 2.01. The van der Waals surface area contributed by atoms with Gasteiger partial charge in [-0.2, -0.15) is 0 Å². The van der Waals surface area contributed by atoms with E-state index in [2.05, 4.69) is 44.0 Å². The molecule has 17 heavy (non-hydrogen) atoms. The van der Waals surface area contributed by atoms with Gasteiger partial charge in [0, 0.05) is 9.80 Å². The first-order valence-corrected chi connectivity index (χ1v) is 7.22. The summed E-state index contributed by atoms with van der Waals surface area (Å²) in [7, 11) is 0. The summed E-state index contributed by atoms with van der Waals surface area (Å²) in [4.78, 5) is 0. The van der Waals surface area contributed by atoms with E-state index in [0.717, 1.165) is 15.6 Å². The van der Waals surface area contributed by atoms with Gasteiger partial charge >= 0.3 is 0 Å². The largest absolute Gasteiger partial charge is 0.489 e. The molecule has 0 spiro atoms. The van der Waals surface area contributed by atoms with Gasteiger partial charge in [-0.25, -0.2) is 0 Å². The van der Waals surface area contributed by atoms with Gasteiger partial charge in [0.2, 0.25) is 0 Å². The smallest absolute Gasteiger partial charge is 0.120 e. The van der Waals surface area contributed by atoms with Crippen molar-refractivity contribution >= 4 is 31.9 Å². The zero-order valence-corrected chi connectivity index (χ0v) is 12.4. The van der Waals surface area contributed by atoms with Gasteiger partial charge in [-0.15, -0.1) is 0 Å². The van der Waals surface area contributed by atoms with Crippen molar-refractivity contribution in [2.45, 2.75) is 11.9 Å². The van der Waals surface area contributed by atoms with Crippen molar-refractivity contribution in [2.75, 3.05) is 0 Å². The standard InChI is InChI=1S/C14H12Br2O/c15-9-12-8-13(6-7-14(12)16)17-10-11-4-2-1-3-5-11/h1-8H,9-10H2. The lowest BCUT2D eigenvalue weighted by molar-refractivity contribution is 0.306. The Morgan fingerprint density at radius 2 is 1.76 bits per heavy atom. The zero-order chi connectivity index (χ0) is 12.1. The van der Waals surface area contributed by atoms with Gasteiger partial charge in [0.05, 0.1) is 0 Å². The van der Waals surface area contributed by atoms with Crippen molar-refractivity contribution < 1.29 is 4.74 Å². The Kier molecular flexibility index (Phi) is 4.63. The van der Waals surface area contributed by atoms with Gasteiger partial charge in [0.1, 0.15) is 12.4 Å². The lowest BCUT2D eigenvalue weighted by atomic mass is 10.2. The third kappa shape index (κ3) is 3.58. The number of benzene rings is 2. The molecule has 2 aromatic rings. The predicted molar refractivity (Wildman–Crippen MR) is 77.5 cm³/mol. The molecule has 0 saturated heterocycles. The number of rotatable bonds is 4. The normalized spacial score (nSPS) is 10.2. The molecule has 2 aromatic carbocycles. The summed E-state index contributed by atoms with van der Waals surface area (Å²) in [6.45, 7) is 0.601. The van der Waals surface area contributed by atoms with Crippen LogP contribution >= 0.6 is 31.9 Å². The van der Waals surface area contributed by atoms with Crippen molar-refractivity contribution in [3.05, 3.63) is 64.1 Å². The van der Waals surface area contributed by atoms with E-state index in [-0.39, 0.29) is 0 Å². The van der Waals surface area contributed by atoms with Gasteiger partial charge in [-0.3, -0.25) is 0 Å². The van der Waals surface area contributed by atoms with Crippen LogP contribution in [0, 0.1) is 0 Å². The maximum Gasteiger partial charge on any atom is 0.120 e. The fraction of sp³-hybridized carbons (Fsp3) is 0.143. The maximum absolute atomic E-state index is 5.75. The van der Waals surface area contributed by atoms with Crippen molar-refractivity contribution in [2.24, 2.45) is 0 Å². The summed E-state index contributed by atoms with van der Waals surface area (Å²) >= 11 is 6.95. The van der Waals surface area contributed by atoms with Gasteiger partial charge < -0.3 is 4.74 Å². The Labute approximate surface area is 118 Å². The SMILES string of the molecule is BrCc1cc(OCc2ccccc2)ccc1Br. The van der Waals surface area contributed by atoms with Crippen molar-refractivity contribution in [3.63, 3.8) is 0 Å². The minimum Gasteiger partial charge on any atom is -0.489 e. The highest BCUT2D eigenvalue weighted by molar-refractivity contribution is 9.10. The second-order valence-electron chi connectivity index (χ2n) is 3.66. The summed E-state index contributed by atoms with van der Waals surface area (Å²) in [5.74, 6) is 0.895. The van der Waals surface area contributed by atoms with E-state index in [9.17, 15) is 0 Å². The molecule has 0 aliphatic carbocycles. The van der Waals surface area contributed by atoms with Gasteiger partial charge in [0.15, 0.2) is 0 Å². The van der Waals surface area contributed by atoms with Gasteiger partial charge in [-0.05, 0) is 29.3 Å². The Balaban J connectivity index is 2.04. The number of hydrogen-bond donors (Lipinski definition) is 0. The predicted octanol–water partition coefficient (Wildman–Crippen LogP) is 4.92. The maximum atomic E-state index is 5.75. The van der Waals surface area contributed by atoms with Crippen LogP contribution in [0.15, 0.2) is 53.0 Å². The zero-order valence-electron chi connectivity index (χ0n) is 9.20. The van der Waals surface area contributed by atoms with Crippen LogP contribution in [0.1, 0.15) is 11.1 Å². The van der Waals surface area contributed by atoms with Crippen LogP contribution in [0.25, 0.3) is 0 Å². The minimum absolute atomic E-state index is 0.601. The van der Waals surface area contributed by atoms with E-state index in [1.165, 1.54) is 11.1 Å². The lowest BCUT2D eigenvalue weighted by Crippen LogP contribution is -1.95. The second kappa shape index (κ2) is 6.22. The van der Waals surface area contributed by atoms with Crippen molar-refractivity contribution in [3.8, 4) is 5.75 Å². The third-order valence-corrected chi connectivity index (χ3v) is 3.79. The summed E-state index contributed by atoms with van der Waals surface area (Å²) < 4.78 is 6.85. The molecule has 1 nitrogen and oxygen atoms in total. The number of alkyl halides is 1. The van der Waals surface area contributed by atoms with Crippen LogP contribution in [0.3, 0.4) is 0 Å². The molecule has 0 bridgehead atoms. The van der Waals surface area contributed by atoms with Gasteiger partial charge in [-0.1, -0.05) is 62.2 Å². The number of hydrogen-bond acceptors (Lipinski definition) is 1. The molecule has 0 heterocycles. The summed E-state index contributed by atoms with van der Waals surface area (Å²) in [6.07, 6.45) is 0. The molecule has 0 fully saturated rings. The summed E-state index contributed by atoms with van der Waals surface area (Å²) in [5.41, 5.74) is 2.37. The van der Waals surface area contributed by atoms with Crippen LogP contribution < -0.4 is 4.74 Å². The van der Waals surface area contributed by atoms with E-state index in [4.69, 9.17) is 4.74 Å². The number of halogens is 2. The van der Waals surface area contributed by atoms with Crippen LogP contribution in [0.4, 0.5) is 0 Å². The van der Waals surface area contributed by atoms with Crippen LogP contribution in [-0.2, 0) is 11.9 Å². The van der Waals surface area contributed by atoms with E-state index < -0.39 is 0 Å². The topological polar surface area (TPSA) is 9.23 Å². The molecule has 0 aromatic heterocycles.